The van der Waals surface area contributed by atoms with E-state index in [2.05, 4.69) is 14.9 Å². The summed E-state index contributed by atoms with van der Waals surface area (Å²) in [7, 11) is -2.32. The van der Waals surface area contributed by atoms with E-state index in [-0.39, 0.29) is 22.9 Å². The zero-order valence-electron chi connectivity index (χ0n) is 14.1. The maximum atomic E-state index is 12.5. The van der Waals surface area contributed by atoms with Crippen LogP contribution in [0.15, 0.2) is 67.2 Å². The van der Waals surface area contributed by atoms with Crippen molar-refractivity contribution in [3.8, 4) is 11.4 Å². The van der Waals surface area contributed by atoms with Crippen molar-refractivity contribution in [1.82, 2.24) is 19.4 Å². The minimum Gasteiger partial charge on any atom is -0.408 e. The molecule has 0 saturated heterocycles. The second kappa shape index (κ2) is 6.49. The molecule has 0 amide bonds. The van der Waals surface area contributed by atoms with Gasteiger partial charge in [-0.25, -0.2) is 17.9 Å². The highest BCUT2D eigenvalue weighted by molar-refractivity contribution is 7.89. The molecule has 138 valence electrons. The molecule has 2 aromatic heterocycles. The highest BCUT2D eigenvalue weighted by atomic mass is 32.2. The third kappa shape index (κ3) is 3.27. The van der Waals surface area contributed by atoms with Crippen LogP contribution in [0.25, 0.3) is 22.5 Å². The molecule has 2 aromatic carbocycles. The lowest BCUT2D eigenvalue weighted by Gasteiger charge is -2.04. The van der Waals surface area contributed by atoms with E-state index in [1.807, 2.05) is 30.3 Å². The van der Waals surface area contributed by atoms with Gasteiger partial charge < -0.3 is 8.94 Å². The van der Waals surface area contributed by atoms with E-state index in [0.717, 1.165) is 5.56 Å². The van der Waals surface area contributed by atoms with E-state index in [1.54, 1.807) is 7.05 Å². The summed E-state index contributed by atoms with van der Waals surface area (Å²) in [4.78, 5) is 15.7. The van der Waals surface area contributed by atoms with Crippen molar-refractivity contribution in [2.45, 2.75) is 11.4 Å². The van der Waals surface area contributed by atoms with Gasteiger partial charge in [0.25, 0.3) is 0 Å². The van der Waals surface area contributed by atoms with Gasteiger partial charge in [-0.3, -0.25) is 4.57 Å². The summed E-state index contributed by atoms with van der Waals surface area (Å²) in [6.07, 6.45) is 0. The van der Waals surface area contributed by atoms with E-state index in [0.29, 0.717) is 11.3 Å². The second-order valence-corrected chi connectivity index (χ2v) is 7.53. The van der Waals surface area contributed by atoms with Gasteiger partial charge in [0.2, 0.25) is 21.7 Å². The summed E-state index contributed by atoms with van der Waals surface area (Å²) in [5, 5.41) is 3.84. The predicted octanol–water partition coefficient (Wildman–Crippen LogP) is 1.66. The number of aromatic nitrogens is 3. The summed E-state index contributed by atoms with van der Waals surface area (Å²) in [6.45, 7) is -0.168. The molecule has 0 fully saturated rings. The Morgan fingerprint density at radius 2 is 1.93 bits per heavy atom. The largest absolute Gasteiger partial charge is 0.419 e. The van der Waals surface area contributed by atoms with Crippen LogP contribution in [0.3, 0.4) is 0 Å². The number of nitrogens with zero attached hydrogens (tertiary/aromatic N) is 3. The second-order valence-electron chi connectivity index (χ2n) is 5.76. The Hall–Kier alpha value is -3.24. The van der Waals surface area contributed by atoms with Crippen molar-refractivity contribution >= 4 is 21.1 Å². The van der Waals surface area contributed by atoms with Gasteiger partial charge in [-0.15, -0.1) is 0 Å². The fourth-order valence-corrected chi connectivity index (χ4v) is 3.54. The van der Waals surface area contributed by atoms with E-state index in [9.17, 15) is 13.2 Å². The van der Waals surface area contributed by atoms with Crippen molar-refractivity contribution < 1.29 is 17.4 Å². The van der Waals surface area contributed by atoms with Gasteiger partial charge in [0.15, 0.2) is 5.58 Å². The van der Waals surface area contributed by atoms with Gasteiger partial charge >= 0.3 is 5.76 Å². The fourth-order valence-electron chi connectivity index (χ4n) is 2.55. The van der Waals surface area contributed by atoms with Crippen LogP contribution in [-0.2, 0) is 23.6 Å². The van der Waals surface area contributed by atoms with Crippen LogP contribution < -0.4 is 10.5 Å². The standard InChI is InChI=1S/C17H14N4O5S/c1-21-13-8-7-12(9-14(13)25-17(21)22)27(23,24)18-10-15-19-16(20-26-15)11-5-3-2-4-6-11/h2-9,18H,10H2,1H3. The van der Waals surface area contributed by atoms with Gasteiger partial charge in [0, 0.05) is 18.7 Å². The SMILES string of the molecule is Cn1c(=O)oc2cc(S(=O)(=O)NCc3nc(-c4ccccc4)no3)ccc21. The lowest BCUT2D eigenvalue weighted by Crippen LogP contribution is -2.23. The van der Waals surface area contributed by atoms with Gasteiger partial charge in [0.1, 0.15) is 0 Å². The van der Waals surface area contributed by atoms with Crippen LogP contribution >= 0.6 is 0 Å². The summed E-state index contributed by atoms with van der Waals surface area (Å²) in [5.41, 5.74) is 1.46. The molecular formula is C17H14N4O5S. The number of sulfonamides is 1. The number of benzene rings is 2. The molecule has 0 saturated carbocycles. The molecule has 2 heterocycles. The molecule has 0 unspecified atom stereocenters. The van der Waals surface area contributed by atoms with Crippen molar-refractivity contribution in [1.29, 1.82) is 0 Å². The molecule has 0 aliphatic rings. The maximum Gasteiger partial charge on any atom is 0.419 e. The quantitative estimate of drug-likeness (QED) is 0.554. The maximum absolute atomic E-state index is 12.5. The first-order chi connectivity index (χ1) is 12.9. The van der Waals surface area contributed by atoms with Gasteiger partial charge in [-0.1, -0.05) is 35.5 Å². The zero-order chi connectivity index (χ0) is 19.0. The topological polar surface area (TPSA) is 120 Å². The number of fused-ring (bicyclic) bond motifs is 1. The monoisotopic (exact) mass is 386 g/mol. The lowest BCUT2D eigenvalue weighted by molar-refractivity contribution is 0.376. The van der Waals surface area contributed by atoms with Crippen molar-refractivity contribution in [2.24, 2.45) is 7.05 Å². The molecule has 0 aliphatic carbocycles. The Morgan fingerprint density at radius 3 is 2.70 bits per heavy atom. The third-order valence-corrected chi connectivity index (χ3v) is 5.39. The first-order valence-electron chi connectivity index (χ1n) is 7.91. The molecule has 10 heteroatoms. The predicted molar refractivity (Wildman–Crippen MR) is 95.2 cm³/mol. The number of hydrogen-bond donors (Lipinski definition) is 1. The minimum absolute atomic E-state index is 0.0350. The molecule has 4 aromatic rings. The van der Waals surface area contributed by atoms with Crippen LogP contribution in [0.2, 0.25) is 0 Å². The van der Waals surface area contributed by atoms with E-state index in [1.165, 1.54) is 22.8 Å². The van der Waals surface area contributed by atoms with Crippen molar-refractivity contribution in [3.63, 3.8) is 0 Å². The average molecular weight is 386 g/mol. The Bertz CT molecular complexity index is 1270. The number of nitrogens with one attached hydrogen (secondary N) is 1. The van der Waals surface area contributed by atoms with E-state index in [4.69, 9.17) is 8.94 Å². The normalized spacial score (nSPS) is 11.9. The summed E-state index contributed by atoms with van der Waals surface area (Å²) < 4.78 is 38.8. The molecular weight excluding hydrogens is 372 g/mol. The lowest BCUT2D eigenvalue weighted by atomic mass is 10.2. The highest BCUT2D eigenvalue weighted by Crippen LogP contribution is 2.19. The summed E-state index contributed by atoms with van der Waals surface area (Å²) in [6, 6.07) is 13.4. The van der Waals surface area contributed by atoms with Crippen molar-refractivity contribution in [3.05, 3.63) is 65.0 Å². The summed E-state index contributed by atoms with van der Waals surface area (Å²) in [5.74, 6) is -0.0613. The van der Waals surface area contributed by atoms with Crippen LogP contribution in [0.1, 0.15) is 5.89 Å². The van der Waals surface area contributed by atoms with E-state index < -0.39 is 15.8 Å². The zero-order valence-corrected chi connectivity index (χ0v) is 14.9. The fraction of sp³-hybridized carbons (Fsp3) is 0.118. The highest BCUT2D eigenvalue weighted by Gasteiger charge is 2.18. The van der Waals surface area contributed by atoms with E-state index >= 15 is 0 Å². The number of rotatable bonds is 5. The van der Waals surface area contributed by atoms with Crippen molar-refractivity contribution in [2.75, 3.05) is 0 Å². The Morgan fingerprint density at radius 1 is 1.15 bits per heavy atom. The van der Waals surface area contributed by atoms with Crippen LogP contribution in [0.4, 0.5) is 0 Å². The van der Waals surface area contributed by atoms with Gasteiger partial charge in [-0.05, 0) is 12.1 Å². The molecule has 0 atom stereocenters. The number of hydrogen-bond acceptors (Lipinski definition) is 7. The van der Waals surface area contributed by atoms with Gasteiger partial charge in [0.05, 0.1) is 17.0 Å². The average Bonchev–Trinajstić information content (AvgIpc) is 3.26. The van der Waals surface area contributed by atoms with Gasteiger partial charge in [-0.2, -0.15) is 4.98 Å². The first kappa shape index (κ1) is 17.2. The van der Waals surface area contributed by atoms with Crippen LogP contribution in [0.5, 0.6) is 0 Å². The summed E-state index contributed by atoms with van der Waals surface area (Å²) >= 11 is 0. The molecule has 0 aliphatic heterocycles. The number of aryl methyl sites for hydroxylation is 1. The molecule has 9 nitrogen and oxygen atoms in total. The molecule has 0 radical (unpaired) electrons. The first-order valence-corrected chi connectivity index (χ1v) is 9.39. The van der Waals surface area contributed by atoms with Crippen LogP contribution in [0, 0.1) is 0 Å². The molecule has 4 rings (SSSR count). The minimum atomic E-state index is -3.86. The number of oxazole rings is 1. The molecule has 1 N–H and O–H groups in total. The Balaban J connectivity index is 1.54. The molecule has 27 heavy (non-hydrogen) atoms. The molecule has 0 spiro atoms. The smallest absolute Gasteiger partial charge is 0.408 e. The Kier molecular flexibility index (Phi) is 4.13. The molecule has 0 bridgehead atoms. The Labute approximate surface area is 153 Å². The third-order valence-electron chi connectivity index (χ3n) is 3.99. The van der Waals surface area contributed by atoms with Crippen LogP contribution in [-0.4, -0.2) is 23.1 Å².